The van der Waals surface area contributed by atoms with Crippen molar-refractivity contribution in [1.29, 1.82) is 0 Å². The summed E-state index contributed by atoms with van der Waals surface area (Å²) in [5, 5.41) is 8.87. The first-order valence-electron chi connectivity index (χ1n) is 9.48. The lowest BCUT2D eigenvalue weighted by Gasteiger charge is -2.12. The third-order valence-corrected chi connectivity index (χ3v) is 4.85. The van der Waals surface area contributed by atoms with Gasteiger partial charge in [-0.05, 0) is 76.6 Å². The molecule has 4 aromatic rings. The number of carbonyl (C=O) groups excluding carboxylic acids is 2. The monoisotopic (exact) mass is 475 g/mol. The fourth-order valence-corrected chi connectivity index (χ4v) is 3.24. The molecule has 0 fully saturated rings. The second kappa shape index (κ2) is 9.32. The molecule has 0 aliphatic heterocycles. The number of hydrogen-bond acceptors (Lipinski definition) is 4. The molecular formula is C24H18BrN3O3. The zero-order valence-electron chi connectivity index (χ0n) is 16.3. The first-order valence-corrected chi connectivity index (χ1v) is 10.3. The van der Waals surface area contributed by atoms with E-state index in [-0.39, 0.29) is 11.7 Å². The van der Waals surface area contributed by atoms with E-state index >= 15 is 0 Å². The SMILES string of the molecule is O=C(Nc1ccccc1C(=O)Nc1ccc(Nc2ccccc2)cc1)c1ccc(Br)o1. The molecule has 0 saturated heterocycles. The van der Waals surface area contributed by atoms with E-state index in [0.29, 0.717) is 21.6 Å². The van der Waals surface area contributed by atoms with Gasteiger partial charge in [0.05, 0.1) is 11.3 Å². The topological polar surface area (TPSA) is 83.4 Å². The fraction of sp³-hybridized carbons (Fsp3) is 0. The molecule has 0 saturated carbocycles. The van der Waals surface area contributed by atoms with E-state index in [4.69, 9.17) is 4.42 Å². The van der Waals surface area contributed by atoms with Crippen molar-refractivity contribution in [3.63, 3.8) is 0 Å². The van der Waals surface area contributed by atoms with Gasteiger partial charge in [-0.25, -0.2) is 0 Å². The summed E-state index contributed by atoms with van der Waals surface area (Å²) in [5.74, 6) is -0.633. The molecule has 0 aliphatic carbocycles. The zero-order chi connectivity index (χ0) is 21.6. The van der Waals surface area contributed by atoms with E-state index in [9.17, 15) is 9.59 Å². The van der Waals surface area contributed by atoms with Crippen LogP contribution in [0.5, 0.6) is 0 Å². The number of nitrogens with one attached hydrogen (secondary N) is 3. The van der Waals surface area contributed by atoms with Crippen molar-refractivity contribution in [3.05, 3.63) is 107 Å². The Balaban J connectivity index is 1.44. The van der Waals surface area contributed by atoms with Gasteiger partial charge in [0, 0.05) is 17.1 Å². The Labute approximate surface area is 187 Å². The molecule has 3 N–H and O–H groups in total. The van der Waals surface area contributed by atoms with Gasteiger partial charge in [-0.3, -0.25) is 9.59 Å². The van der Waals surface area contributed by atoms with Crippen molar-refractivity contribution in [1.82, 2.24) is 0 Å². The maximum atomic E-state index is 12.8. The Bertz CT molecular complexity index is 1200. The van der Waals surface area contributed by atoms with Crippen LogP contribution in [0.15, 0.2) is 100 Å². The summed E-state index contributed by atoms with van der Waals surface area (Å²) in [6, 6.07) is 27.2. The maximum absolute atomic E-state index is 12.8. The van der Waals surface area contributed by atoms with Crippen molar-refractivity contribution < 1.29 is 14.0 Å². The summed E-state index contributed by atoms with van der Waals surface area (Å²) < 4.78 is 5.72. The standard InChI is InChI=1S/C24H18BrN3O3/c25-22-15-14-21(31-22)24(30)28-20-9-5-4-8-19(20)23(29)27-18-12-10-17(11-13-18)26-16-6-2-1-3-7-16/h1-15,26H,(H,27,29)(H,28,30). The lowest BCUT2D eigenvalue weighted by atomic mass is 10.1. The van der Waals surface area contributed by atoms with Crippen LogP contribution in [0.3, 0.4) is 0 Å². The summed E-state index contributed by atoms with van der Waals surface area (Å²) >= 11 is 3.17. The Morgan fingerprint density at radius 1 is 0.645 bits per heavy atom. The molecule has 0 atom stereocenters. The quantitative estimate of drug-likeness (QED) is 0.306. The molecule has 7 heteroatoms. The van der Waals surface area contributed by atoms with Crippen LogP contribution in [0.1, 0.15) is 20.9 Å². The van der Waals surface area contributed by atoms with Gasteiger partial charge in [-0.15, -0.1) is 0 Å². The van der Waals surface area contributed by atoms with Crippen LogP contribution in [0.2, 0.25) is 0 Å². The number of para-hydroxylation sites is 2. The van der Waals surface area contributed by atoms with Gasteiger partial charge in [0.2, 0.25) is 0 Å². The van der Waals surface area contributed by atoms with Gasteiger partial charge in [-0.1, -0.05) is 30.3 Å². The molecule has 0 bridgehead atoms. The van der Waals surface area contributed by atoms with E-state index in [2.05, 4.69) is 31.9 Å². The first-order chi connectivity index (χ1) is 15.1. The van der Waals surface area contributed by atoms with Gasteiger partial charge in [-0.2, -0.15) is 0 Å². The Morgan fingerprint density at radius 2 is 1.29 bits per heavy atom. The lowest BCUT2D eigenvalue weighted by molar-refractivity contribution is 0.0995. The van der Waals surface area contributed by atoms with Gasteiger partial charge < -0.3 is 20.4 Å². The van der Waals surface area contributed by atoms with Crippen LogP contribution < -0.4 is 16.0 Å². The normalized spacial score (nSPS) is 10.4. The summed E-state index contributed by atoms with van der Waals surface area (Å²) in [4.78, 5) is 25.2. The van der Waals surface area contributed by atoms with Crippen molar-refractivity contribution in [2.75, 3.05) is 16.0 Å². The van der Waals surface area contributed by atoms with Crippen molar-refractivity contribution in [3.8, 4) is 0 Å². The maximum Gasteiger partial charge on any atom is 0.291 e. The van der Waals surface area contributed by atoms with Gasteiger partial charge in [0.1, 0.15) is 0 Å². The summed E-state index contributed by atoms with van der Waals surface area (Å²) in [7, 11) is 0. The molecule has 4 rings (SSSR count). The lowest BCUT2D eigenvalue weighted by Crippen LogP contribution is -2.18. The van der Waals surface area contributed by atoms with Gasteiger partial charge in [0.15, 0.2) is 10.4 Å². The predicted octanol–water partition coefficient (Wildman–Crippen LogP) is 6.29. The number of hydrogen-bond donors (Lipinski definition) is 3. The summed E-state index contributed by atoms with van der Waals surface area (Å²) in [6.45, 7) is 0. The van der Waals surface area contributed by atoms with E-state index in [1.165, 1.54) is 0 Å². The van der Waals surface area contributed by atoms with Gasteiger partial charge >= 0.3 is 0 Å². The highest BCUT2D eigenvalue weighted by Gasteiger charge is 2.16. The van der Waals surface area contributed by atoms with Gasteiger partial charge in [0.25, 0.3) is 11.8 Å². The molecule has 0 spiro atoms. The first kappa shape index (κ1) is 20.4. The molecule has 31 heavy (non-hydrogen) atoms. The minimum atomic E-state index is -0.442. The highest BCUT2D eigenvalue weighted by Crippen LogP contribution is 2.22. The predicted molar refractivity (Wildman–Crippen MR) is 125 cm³/mol. The number of amides is 2. The average molecular weight is 476 g/mol. The molecular weight excluding hydrogens is 458 g/mol. The van der Waals surface area contributed by atoms with E-state index < -0.39 is 5.91 Å². The Morgan fingerprint density at radius 3 is 2.00 bits per heavy atom. The van der Waals surface area contributed by atoms with E-state index in [1.807, 2.05) is 54.6 Å². The molecule has 3 aromatic carbocycles. The van der Waals surface area contributed by atoms with Crippen molar-refractivity contribution in [2.45, 2.75) is 0 Å². The van der Waals surface area contributed by atoms with Crippen LogP contribution in [0.25, 0.3) is 0 Å². The molecule has 0 unspecified atom stereocenters. The highest BCUT2D eigenvalue weighted by molar-refractivity contribution is 9.10. The minimum Gasteiger partial charge on any atom is -0.444 e. The van der Waals surface area contributed by atoms with Crippen molar-refractivity contribution >= 4 is 50.5 Å². The van der Waals surface area contributed by atoms with E-state index in [0.717, 1.165) is 11.4 Å². The smallest absolute Gasteiger partial charge is 0.291 e. The molecule has 1 aromatic heterocycles. The van der Waals surface area contributed by atoms with Crippen LogP contribution in [0.4, 0.5) is 22.7 Å². The second-order valence-electron chi connectivity index (χ2n) is 6.63. The molecule has 1 heterocycles. The Hall–Kier alpha value is -3.84. The number of anilines is 4. The molecule has 154 valence electrons. The number of benzene rings is 3. The van der Waals surface area contributed by atoms with Crippen LogP contribution in [0, 0.1) is 0 Å². The summed E-state index contributed by atoms with van der Waals surface area (Å²) in [5.41, 5.74) is 3.25. The highest BCUT2D eigenvalue weighted by atomic mass is 79.9. The van der Waals surface area contributed by atoms with Crippen molar-refractivity contribution in [2.24, 2.45) is 0 Å². The molecule has 2 amide bonds. The second-order valence-corrected chi connectivity index (χ2v) is 7.41. The zero-order valence-corrected chi connectivity index (χ0v) is 17.8. The third-order valence-electron chi connectivity index (χ3n) is 4.42. The molecule has 6 nitrogen and oxygen atoms in total. The third kappa shape index (κ3) is 5.21. The molecule has 0 radical (unpaired) electrons. The van der Waals surface area contributed by atoms with Crippen LogP contribution >= 0.6 is 15.9 Å². The minimum absolute atomic E-state index is 0.142. The van der Waals surface area contributed by atoms with Crippen LogP contribution in [-0.4, -0.2) is 11.8 Å². The fourth-order valence-electron chi connectivity index (χ4n) is 2.93. The largest absolute Gasteiger partial charge is 0.444 e. The Kier molecular flexibility index (Phi) is 6.14. The average Bonchev–Trinajstić information content (AvgIpc) is 3.23. The molecule has 0 aliphatic rings. The number of furan rings is 1. The number of halogens is 1. The van der Waals surface area contributed by atoms with Crippen LogP contribution in [-0.2, 0) is 0 Å². The summed E-state index contributed by atoms with van der Waals surface area (Å²) in [6.07, 6.45) is 0. The number of rotatable bonds is 6. The number of carbonyl (C=O) groups is 2. The van der Waals surface area contributed by atoms with E-state index in [1.54, 1.807) is 36.4 Å².